The van der Waals surface area contributed by atoms with Crippen LogP contribution in [0.3, 0.4) is 0 Å². The Bertz CT molecular complexity index is 827. The predicted molar refractivity (Wildman–Crippen MR) is 93.3 cm³/mol. The van der Waals surface area contributed by atoms with Gasteiger partial charge in [0.25, 0.3) is 0 Å². The molecule has 2 aromatic rings. The lowest BCUT2D eigenvalue weighted by atomic mass is 10.0. The van der Waals surface area contributed by atoms with Crippen molar-refractivity contribution in [1.82, 2.24) is 5.32 Å². The van der Waals surface area contributed by atoms with Crippen LogP contribution in [0.2, 0.25) is 0 Å². The van der Waals surface area contributed by atoms with Crippen LogP contribution in [0.25, 0.3) is 0 Å². The number of amides is 1. The fourth-order valence-electron chi connectivity index (χ4n) is 2.93. The largest absolute Gasteiger partial charge is 0.348 e. The molecular weight excluding hydrogens is 322 g/mol. The van der Waals surface area contributed by atoms with Crippen molar-refractivity contribution in [3.63, 3.8) is 0 Å². The Balaban J connectivity index is 1.74. The number of sulfone groups is 1. The molecule has 0 heterocycles. The minimum atomic E-state index is -3.64. The van der Waals surface area contributed by atoms with Crippen molar-refractivity contribution in [3.05, 3.63) is 65.7 Å². The van der Waals surface area contributed by atoms with Gasteiger partial charge in [-0.15, -0.1) is 0 Å². The molecule has 0 spiro atoms. The molecule has 0 aromatic heterocycles. The number of nitrogens with one attached hydrogen (secondary N) is 1. The van der Waals surface area contributed by atoms with Gasteiger partial charge in [-0.3, -0.25) is 4.79 Å². The molecule has 3 rings (SSSR count). The van der Waals surface area contributed by atoms with Gasteiger partial charge in [-0.2, -0.15) is 0 Å². The highest BCUT2D eigenvalue weighted by molar-refractivity contribution is 7.92. The predicted octanol–water partition coefficient (Wildman–Crippen LogP) is 3.04. The highest BCUT2D eigenvalue weighted by Gasteiger charge is 2.34. The molecule has 1 amide bonds. The van der Waals surface area contributed by atoms with E-state index >= 15 is 0 Å². The molecule has 1 fully saturated rings. The van der Waals surface area contributed by atoms with E-state index in [2.05, 4.69) is 5.32 Å². The molecule has 126 valence electrons. The Hall–Kier alpha value is -2.14. The van der Waals surface area contributed by atoms with E-state index in [1.54, 1.807) is 31.2 Å². The highest BCUT2D eigenvalue weighted by atomic mass is 32.2. The van der Waals surface area contributed by atoms with Crippen LogP contribution < -0.4 is 5.32 Å². The van der Waals surface area contributed by atoms with Crippen LogP contribution in [0, 0.1) is 12.8 Å². The Morgan fingerprint density at radius 1 is 1.08 bits per heavy atom. The number of aryl methyl sites for hydroxylation is 1. The number of carbonyl (C=O) groups is 1. The third-order valence-corrected chi connectivity index (χ3v) is 6.09. The SMILES string of the molecule is Cc1ccccc1S(=O)(=O)CC(=O)N[C@@H](c1ccccc1)C1CC1. The first-order valence-corrected chi connectivity index (χ1v) is 9.75. The van der Waals surface area contributed by atoms with Crippen molar-refractivity contribution < 1.29 is 13.2 Å². The fourth-order valence-corrected chi connectivity index (χ4v) is 4.36. The minimum Gasteiger partial charge on any atom is -0.348 e. The van der Waals surface area contributed by atoms with E-state index in [0.717, 1.165) is 18.4 Å². The first kappa shape index (κ1) is 16.7. The molecule has 0 bridgehead atoms. The molecule has 1 N–H and O–H groups in total. The number of rotatable bonds is 6. The van der Waals surface area contributed by atoms with Gasteiger partial charge < -0.3 is 5.32 Å². The van der Waals surface area contributed by atoms with Crippen LogP contribution in [-0.4, -0.2) is 20.1 Å². The zero-order valence-electron chi connectivity index (χ0n) is 13.6. The second-order valence-corrected chi connectivity index (χ2v) is 8.28. The monoisotopic (exact) mass is 343 g/mol. The summed E-state index contributed by atoms with van der Waals surface area (Å²) in [6, 6.07) is 16.4. The Morgan fingerprint density at radius 3 is 2.33 bits per heavy atom. The molecule has 1 atom stereocenters. The van der Waals surface area contributed by atoms with Crippen LogP contribution in [0.4, 0.5) is 0 Å². The molecule has 1 aliphatic rings. The molecular formula is C19H21NO3S. The van der Waals surface area contributed by atoms with Gasteiger partial charge in [0, 0.05) is 0 Å². The molecule has 2 aromatic carbocycles. The van der Waals surface area contributed by atoms with Gasteiger partial charge in [0.1, 0.15) is 5.75 Å². The lowest BCUT2D eigenvalue weighted by molar-refractivity contribution is -0.119. The maximum Gasteiger partial charge on any atom is 0.236 e. The molecule has 4 nitrogen and oxygen atoms in total. The maximum atomic E-state index is 12.5. The van der Waals surface area contributed by atoms with Crippen molar-refractivity contribution in [2.75, 3.05) is 5.75 Å². The van der Waals surface area contributed by atoms with E-state index in [4.69, 9.17) is 0 Å². The van der Waals surface area contributed by atoms with Gasteiger partial charge >= 0.3 is 0 Å². The van der Waals surface area contributed by atoms with E-state index in [-0.39, 0.29) is 10.9 Å². The summed E-state index contributed by atoms with van der Waals surface area (Å²) in [7, 11) is -3.64. The molecule has 0 radical (unpaired) electrons. The standard InChI is InChI=1S/C19H21NO3S/c1-14-7-5-6-10-17(14)24(22,23)13-18(21)20-19(16-11-12-16)15-8-3-2-4-9-15/h2-10,16,19H,11-13H2,1H3,(H,20,21)/t19-/m0/s1. The van der Waals surface area contributed by atoms with E-state index < -0.39 is 21.5 Å². The second kappa shape index (κ2) is 6.77. The quantitative estimate of drug-likeness (QED) is 0.877. The first-order chi connectivity index (χ1) is 11.5. The Kier molecular flexibility index (Phi) is 4.71. The summed E-state index contributed by atoms with van der Waals surface area (Å²) < 4.78 is 25.0. The van der Waals surface area contributed by atoms with Gasteiger partial charge in [-0.1, -0.05) is 48.5 Å². The maximum absolute atomic E-state index is 12.5. The zero-order valence-corrected chi connectivity index (χ0v) is 14.4. The molecule has 0 unspecified atom stereocenters. The third-order valence-electron chi connectivity index (χ3n) is 4.32. The summed E-state index contributed by atoms with van der Waals surface area (Å²) in [5.74, 6) is -0.565. The van der Waals surface area contributed by atoms with Crippen LogP contribution in [0.1, 0.15) is 30.0 Å². The smallest absolute Gasteiger partial charge is 0.236 e. The summed E-state index contributed by atoms with van der Waals surface area (Å²) in [5, 5.41) is 2.92. The molecule has 0 saturated heterocycles. The second-order valence-electron chi connectivity index (χ2n) is 6.32. The topological polar surface area (TPSA) is 63.2 Å². The molecule has 24 heavy (non-hydrogen) atoms. The van der Waals surface area contributed by atoms with Gasteiger partial charge in [0.2, 0.25) is 5.91 Å². The minimum absolute atomic E-state index is 0.106. The highest BCUT2D eigenvalue weighted by Crippen LogP contribution is 2.40. The fraction of sp³-hybridized carbons (Fsp3) is 0.316. The van der Waals surface area contributed by atoms with Crippen molar-refractivity contribution in [1.29, 1.82) is 0 Å². The first-order valence-electron chi connectivity index (χ1n) is 8.10. The van der Waals surface area contributed by atoms with E-state index in [1.165, 1.54) is 0 Å². The number of benzene rings is 2. The number of hydrogen-bond donors (Lipinski definition) is 1. The summed E-state index contributed by atoms with van der Waals surface area (Å²) >= 11 is 0. The average Bonchev–Trinajstić information content (AvgIpc) is 3.38. The van der Waals surface area contributed by atoms with Gasteiger partial charge in [0.05, 0.1) is 10.9 Å². The molecule has 5 heteroatoms. The van der Waals surface area contributed by atoms with Gasteiger partial charge in [-0.05, 0) is 42.9 Å². The summed E-state index contributed by atoms with van der Waals surface area (Å²) in [6.45, 7) is 1.74. The van der Waals surface area contributed by atoms with Crippen molar-refractivity contribution in [3.8, 4) is 0 Å². The van der Waals surface area contributed by atoms with Crippen LogP contribution in [0.5, 0.6) is 0 Å². The Morgan fingerprint density at radius 2 is 1.71 bits per heavy atom. The van der Waals surface area contributed by atoms with E-state index in [0.29, 0.717) is 11.5 Å². The van der Waals surface area contributed by atoms with E-state index in [1.807, 2.05) is 30.3 Å². The van der Waals surface area contributed by atoms with Crippen LogP contribution in [0.15, 0.2) is 59.5 Å². The summed E-state index contributed by atoms with van der Waals surface area (Å²) in [5.41, 5.74) is 1.69. The third kappa shape index (κ3) is 3.85. The normalized spacial score (nSPS) is 15.7. The van der Waals surface area contributed by atoms with Gasteiger partial charge in [0.15, 0.2) is 9.84 Å². The van der Waals surface area contributed by atoms with Crippen molar-refractivity contribution in [2.24, 2.45) is 5.92 Å². The Labute approximate surface area is 142 Å². The van der Waals surface area contributed by atoms with Crippen molar-refractivity contribution >= 4 is 15.7 Å². The van der Waals surface area contributed by atoms with Gasteiger partial charge in [-0.25, -0.2) is 8.42 Å². The van der Waals surface area contributed by atoms with E-state index in [9.17, 15) is 13.2 Å². The summed E-state index contributed by atoms with van der Waals surface area (Å²) in [4.78, 5) is 12.6. The lowest BCUT2D eigenvalue weighted by Gasteiger charge is -2.19. The summed E-state index contributed by atoms with van der Waals surface area (Å²) in [6.07, 6.45) is 2.12. The molecule has 0 aliphatic heterocycles. The van der Waals surface area contributed by atoms with Crippen LogP contribution >= 0.6 is 0 Å². The van der Waals surface area contributed by atoms with Crippen LogP contribution in [-0.2, 0) is 14.6 Å². The number of hydrogen-bond acceptors (Lipinski definition) is 3. The molecule has 1 saturated carbocycles. The lowest BCUT2D eigenvalue weighted by Crippen LogP contribution is -2.34. The number of carbonyl (C=O) groups excluding carboxylic acids is 1. The van der Waals surface area contributed by atoms with Crippen molar-refractivity contribution in [2.45, 2.75) is 30.7 Å². The molecule has 1 aliphatic carbocycles. The average molecular weight is 343 g/mol. The zero-order chi connectivity index (χ0) is 17.2.